The van der Waals surface area contributed by atoms with Crippen molar-refractivity contribution in [3.63, 3.8) is 0 Å². The van der Waals surface area contributed by atoms with Crippen LogP contribution in [0.3, 0.4) is 0 Å². The van der Waals surface area contributed by atoms with Crippen LogP contribution in [0.25, 0.3) is 10.2 Å². The normalized spacial score (nSPS) is 12.0. The number of thiazole rings is 1. The largest absolute Gasteiger partial charge is 0.383 e. The Kier molecular flexibility index (Phi) is 8.23. The van der Waals surface area contributed by atoms with E-state index in [1.807, 2.05) is 30.8 Å². The van der Waals surface area contributed by atoms with Gasteiger partial charge in [-0.25, -0.2) is 15.0 Å². The Morgan fingerprint density at radius 3 is 2.73 bits per heavy atom. The van der Waals surface area contributed by atoms with Gasteiger partial charge in [0.1, 0.15) is 0 Å². The fraction of sp³-hybridized carbons (Fsp3) is 0.400. The summed E-state index contributed by atoms with van der Waals surface area (Å²) in [6.07, 6.45) is 5.63. The number of fused-ring (bicyclic) bond motifs is 1. The lowest BCUT2D eigenvalue weighted by Gasteiger charge is -2.13. The molecular weight excluding hydrogens is 420 g/mol. The number of hydrogen-bond donors (Lipinski definition) is 3. The first kappa shape index (κ1) is 22.3. The first-order valence-corrected chi connectivity index (χ1v) is 11.6. The van der Waals surface area contributed by atoms with Crippen molar-refractivity contribution in [2.24, 2.45) is 5.92 Å². The highest BCUT2D eigenvalue weighted by Crippen LogP contribution is 2.27. The number of hydrogen-bond acceptors (Lipinski definition) is 9. The van der Waals surface area contributed by atoms with Crippen LogP contribution in [0.4, 0.5) is 11.1 Å². The highest BCUT2D eigenvalue weighted by molar-refractivity contribution is 7.98. The van der Waals surface area contributed by atoms with Gasteiger partial charge in [0.15, 0.2) is 5.13 Å². The molecule has 3 rings (SSSR count). The van der Waals surface area contributed by atoms with Gasteiger partial charge in [0.25, 0.3) is 5.91 Å². The van der Waals surface area contributed by atoms with Crippen LogP contribution < -0.4 is 16.0 Å². The SMILES string of the molecule is COCCNC(=O)c1ccc2nc(NC[C@@H](C)CNc3ncc(SC)cn3)sc2c1. The number of methoxy groups -OCH3 is 1. The number of thioether (sulfide) groups is 1. The van der Waals surface area contributed by atoms with Gasteiger partial charge >= 0.3 is 0 Å². The summed E-state index contributed by atoms with van der Waals surface area (Å²) in [7, 11) is 1.61. The third kappa shape index (κ3) is 6.28. The molecule has 0 aliphatic carbocycles. The van der Waals surface area contributed by atoms with Crippen LogP contribution in [-0.2, 0) is 4.74 Å². The molecule has 0 saturated carbocycles. The number of carbonyl (C=O) groups is 1. The van der Waals surface area contributed by atoms with Crippen LogP contribution in [-0.4, -0.2) is 60.5 Å². The number of aromatic nitrogens is 3. The minimum absolute atomic E-state index is 0.107. The summed E-state index contributed by atoms with van der Waals surface area (Å²) < 4.78 is 5.93. The predicted molar refractivity (Wildman–Crippen MR) is 124 cm³/mol. The molecule has 0 fully saturated rings. The van der Waals surface area contributed by atoms with Gasteiger partial charge < -0.3 is 20.7 Å². The molecule has 3 N–H and O–H groups in total. The summed E-state index contributed by atoms with van der Waals surface area (Å²) in [4.78, 5) is 26.4. The number of nitrogens with one attached hydrogen (secondary N) is 3. The monoisotopic (exact) mass is 446 g/mol. The van der Waals surface area contributed by atoms with Crippen molar-refractivity contribution in [1.29, 1.82) is 0 Å². The summed E-state index contributed by atoms with van der Waals surface area (Å²) >= 11 is 3.16. The summed E-state index contributed by atoms with van der Waals surface area (Å²) in [6.45, 7) is 4.64. The second kappa shape index (κ2) is 11.1. The predicted octanol–water partition coefficient (Wildman–Crippen LogP) is 3.34. The molecule has 1 aromatic carbocycles. The Labute approximate surface area is 184 Å². The Morgan fingerprint density at radius 2 is 2.00 bits per heavy atom. The maximum atomic E-state index is 12.2. The van der Waals surface area contributed by atoms with Gasteiger partial charge in [-0.3, -0.25) is 4.79 Å². The molecule has 0 spiro atoms. The third-order valence-electron chi connectivity index (χ3n) is 4.32. The molecule has 0 aliphatic rings. The molecular formula is C20H26N6O2S2. The number of ether oxygens (including phenoxy) is 1. The number of carbonyl (C=O) groups excluding carboxylic acids is 1. The van der Waals surface area contributed by atoms with Crippen LogP contribution in [0.5, 0.6) is 0 Å². The molecule has 0 bridgehead atoms. The maximum Gasteiger partial charge on any atom is 0.251 e. The standard InChI is InChI=1S/C20H26N6O2S2/c1-13(9-22-19-23-11-15(29-3)12-24-19)10-25-20-26-16-5-4-14(8-17(16)30-20)18(27)21-6-7-28-2/h4-5,8,11-13H,6-7,9-10H2,1-3H3,(H,21,27)(H,25,26)(H,22,23,24)/t13-/m0/s1. The molecule has 8 nitrogen and oxygen atoms in total. The van der Waals surface area contributed by atoms with Crippen molar-refractivity contribution < 1.29 is 9.53 Å². The van der Waals surface area contributed by atoms with Crippen LogP contribution in [0.15, 0.2) is 35.5 Å². The van der Waals surface area contributed by atoms with E-state index in [-0.39, 0.29) is 5.91 Å². The zero-order valence-electron chi connectivity index (χ0n) is 17.3. The van der Waals surface area contributed by atoms with E-state index in [2.05, 4.69) is 37.8 Å². The summed E-state index contributed by atoms with van der Waals surface area (Å²) in [5.74, 6) is 0.878. The zero-order chi connectivity index (χ0) is 21.3. The summed E-state index contributed by atoms with van der Waals surface area (Å²) in [6, 6.07) is 5.55. The van der Waals surface area contributed by atoms with Crippen molar-refractivity contribution in [1.82, 2.24) is 20.3 Å². The molecule has 160 valence electrons. The minimum atomic E-state index is -0.107. The Hall–Kier alpha value is -2.43. The topological polar surface area (TPSA) is 101 Å². The lowest BCUT2D eigenvalue weighted by molar-refractivity contribution is 0.0937. The quantitative estimate of drug-likeness (QED) is 0.305. The fourth-order valence-electron chi connectivity index (χ4n) is 2.62. The lowest BCUT2D eigenvalue weighted by Crippen LogP contribution is -2.26. The van der Waals surface area contributed by atoms with Gasteiger partial charge in [-0.2, -0.15) is 0 Å². The van der Waals surface area contributed by atoms with E-state index >= 15 is 0 Å². The molecule has 0 aliphatic heterocycles. The van der Waals surface area contributed by atoms with E-state index in [1.165, 1.54) is 0 Å². The van der Waals surface area contributed by atoms with Crippen molar-refractivity contribution in [2.75, 3.05) is 50.2 Å². The van der Waals surface area contributed by atoms with Gasteiger partial charge in [-0.15, -0.1) is 11.8 Å². The van der Waals surface area contributed by atoms with Gasteiger partial charge in [-0.05, 0) is 30.4 Å². The van der Waals surface area contributed by atoms with E-state index in [0.29, 0.717) is 30.6 Å². The molecule has 0 unspecified atom stereocenters. The first-order chi connectivity index (χ1) is 14.6. The van der Waals surface area contributed by atoms with Gasteiger partial charge in [0.05, 0.1) is 16.8 Å². The van der Waals surface area contributed by atoms with Gasteiger partial charge in [-0.1, -0.05) is 18.3 Å². The van der Waals surface area contributed by atoms with E-state index in [9.17, 15) is 4.79 Å². The second-order valence-corrected chi connectivity index (χ2v) is 8.67. The number of rotatable bonds is 11. The van der Waals surface area contributed by atoms with Gasteiger partial charge in [0, 0.05) is 49.6 Å². The number of amides is 1. The third-order valence-corrected chi connectivity index (χ3v) is 5.97. The molecule has 1 amide bonds. The first-order valence-electron chi connectivity index (χ1n) is 9.60. The number of benzene rings is 1. The van der Waals surface area contributed by atoms with Crippen LogP contribution >= 0.6 is 23.1 Å². The van der Waals surface area contributed by atoms with E-state index in [4.69, 9.17) is 4.74 Å². The van der Waals surface area contributed by atoms with Crippen molar-refractivity contribution in [3.8, 4) is 0 Å². The summed E-state index contributed by atoms with van der Waals surface area (Å²) in [5.41, 5.74) is 1.50. The molecule has 0 radical (unpaired) electrons. The maximum absolute atomic E-state index is 12.2. The van der Waals surface area contributed by atoms with Crippen LogP contribution in [0, 0.1) is 5.92 Å². The van der Waals surface area contributed by atoms with Crippen molar-refractivity contribution >= 4 is 50.3 Å². The molecule has 30 heavy (non-hydrogen) atoms. The Morgan fingerprint density at radius 1 is 1.23 bits per heavy atom. The molecule has 0 saturated heterocycles. The average Bonchev–Trinajstić information content (AvgIpc) is 3.19. The second-order valence-electron chi connectivity index (χ2n) is 6.76. The number of nitrogens with zero attached hydrogens (tertiary/aromatic N) is 3. The smallest absolute Gasteiger partial charge is 0.251 e. The van der Waals surface area contributed by atoms with Crippen LogP contribution in [0.1, 0.15) is 17.3 Å². The van der Waals surface area contributed by atoms with E-state index in [1.54, 1.807) is 36.3 Å². The molecule has 1 atom stereocenters. The summed E-state index contributed by atoms with van der Waals surface area (Å²) in [5, 5.41) is 10.3. The average molecular weight is 447 g/mol. The molecule has 2 heterocycles. The van der Waals surface area contributed by atoms with E-state index < -0.39 is 0 Å². The highest BCUT2D eigenvalue weighted by Gasteiger charge is 2.10. The molecule has 10 heteroatoms. The zero-order valence-corrected chi connectivity index (χ0v) is 18.9. The van der Waals surface area contributed by atoms with Gasteiger partial charge in [0.2, 0.25) is 5.95 Å². The molecule has 2 aromatic heterocycles. The highest BCUT2D eigenvalue weighted by atomic mass is 32.2. The van der Waals surface area contributed by atoms with Crippen molar-refractivity contribution in [2.45, 2.75) is 11.8 Å². The van der Waals surface area contributed by atoms with E-state index in [0.717, 1.165) is 33.3 Å². The Balaban J connectivity index is 1.50. The Bertz CT molecular complexity index is 964. The minimum Gasteiger partial charge on any atom is -0.383 e. The van der Waals surface area contributed by atoms with Crippen LogP contribution in [0.2, 0.25) is 0 Å². The molecule has 3 aromatic rings. The number of anilines is 2. The fourth-order valence-corrected chi connectivity index (χ4v) is 3.85. The van der Waals surface area contributed by atoms with Crippen molar-refractivity contribution in [3.05, 3.63) is 36.2 Å². The lowest BCUT2D eigenvalue weighted by atomic mass is 10.2.